The molecule has 2 heterocycles. The van der Waals surface area contributed by atoms with Gasteiger partial charge in [-0.25, -0.2) is 9.97 Å². The second-order valence-electron chi connectivity index (χ2n) is 9.56. The molecule has 5 rings (SSSR count). The van der Waals surface area contributed by atoms with Gasteiger partial charge in [0, 0.05) is 48.7 Å². The van der Waals surface area contributed by atoms with Crippen LogP contribution < -0.4 is 15.5 Å². The fourth-order valence-corrected chi connectivity index (χ4v) is 5.27. The monoisotopic (exact) mass is 441 g/mol. The molecule has 1 aromatic heterocycles. The van der Waals surface area contributed by atoms with E-state index in [0.717, 1.165) is 36.7 Å². The summed E-state index contributed by atoms with van der Waals surface area (Å²) in [7, 11) is 0. The number of anilines is 2. The Morgan fingerprint density at radius 2 is 1.64 bits per heavy atom. The van der Waals surface area contributed by atoms with Crippen molar-refractivity contribution in [2.24, 2.45) is 0 Å². The van der Waals surface area contributed by atoms with Gasteiger partial charge in [0.05, 0.1) is 5.69 Å². The maximum Gasteiger partial charge on any atom is 0.223 e. The van der Waals surface area contributed by atoms with Gasteiger partial charge in [0.25, 0.3) is 0 Å². The van der Waals surface area contributed by atoms with E-state index in [-0.39, 0.29) is 0 Å². The summed E-state index contributed by atoms with van der Waals surface area (Å²) in [5.41, 5.74) is 4.76. The molecular weight excluding hydrogens is 406 g/mol. The Labute approximate surface area is 197 Å². The van der Waals surface area contributed by atoms with Gasteiger partial charge in [-0.15, -0.1) is 0 Å². The molecule has 0 amide bonds. The third-order valence-electron chi connectivity index (χ3n) is 7.08. The molecule has 5 heteroatoms. The first-order valence-electron chi connectivity index (χ1n) is 12.5. The Hall–Kier alpha value is -2.92. The number of aromatic nitrogens is 2. The van der Waals surface area contributed by atoms with Crippen LogP contribution in [0.15, 0.2) is 66.9 Å². The van der Waals surface area contributed by atoms with Crippen molar-refractivity contribution in [2.75, 3.05) is 23.3 Å². The minimum Gasteiger partial charge on any atom is -0.370 e. The van der Waals surface area contributed by atoms with Gasteiger partial charge in [-0.2, -0.15) is 0 Å². The van der Waals surface area contributed by atoms with Crippen molar-refractivity contribution in [3.63, 3.8) is 0 Å². The minimum absolute atomic E-state index is 0.361. The number of rotatable bonds is 6. The number of piperidine rings is 1. The molecule has 1 saturated heterocycles. The summed E-state index contributed by atoms with van der Waals surface area (Å²) in [5.74, 6) is 0.736. The van der Waals surface area contributed by atoms with E-state index in [0.29, 0.717) is 18.1 Å². The third-order valence-corrected chi connectivity index (χ3v) is 7.08. The van der Waals surface area contributed by atoms with Crippen molar-refractivity contribution >= 4 is 11.6 Å². The topological polar surface area (TPSA) is 53.1 Å². The zero-order chi connectivity index (χ0) is 22.5. The number of hydrogen-bond acceptors (Lipinski definition) is 5. The van der Waals surface area contributed by atoms with Gasteiger partial charge < -0.3 is 15.5 Å². The van der Waals surface area contributed by atoms with Crippen LogP contribution in [-0.4, -0.2) is 41.2 Å². The minimum atomic E-state index is 0.361. The molecular formula is C28H35N5. The van der Waals surface area contributed by atoms with Crippen molar-refractivity contribution in [3.05, 3.63) is 72.4 Å². The average Bonchev–Trinajstić information content (AvgIpc) is 2.87. The third kappa shape index (κ3) is 5.53. The lowest BCUT2D eigenvalue weighted by Crippen LogP contribution is -2.55. The molecule has 33 heavy (non-hydrogen) atoms. The predicted molar refractivity (Wildman–Crippen MR) is 137 cm³/mol. The van der Waals surface area contributed by atoms with Crippen molar-refractivity contribution in [1.82, 2.24) is 15.3 Å². The van der Waals surface area contributed by atoms with E-state index in [9.17, 15) is 0 Å². The maximum absolute atomic E-state index is 4.82. The van der Waals surface area contributed by atoms with Crippen LogP contribution in [0.1, 0.15) is 44.1 Å². The van der Waals surface area contributed by atoms with Crippen LogP contribution in [0.5, 0.6) is 0 Å². The highest BCUT2D eigenvalue weighted by Crippen LogP contribution is 2.25. The molecule has 0 bridgehead atoms. The lowest BCUT2D eigenvalue weighted by Gasteiger charge is -2.40. The standard InChI is InChI=1S/C28H35N5/c1-21-13-15-24(16-14-21)33-19-7-10-23(20-33)30-26-11-5-6-12-27(26)32-28-29-18-17-25(31-28)22-8-3-2-4-9-22/h2-4,8-9,13-18,23,26-27,30H,5-7,10-12,19-20H2,1H3,(H,29,31,32). The summed E-state index contributed by atoms with van der Waals surface area (Å²) in [5, 5.41) is 7.71. The molecule has 2 aromatic carbocycles. The van der Waals surface area contributed by atoms with Crippen molar-refractivity contribution < 1.29 is 0 Å². The number of aryl methyl sites for hydroxylation is 1. The highest BCUT2D eigenvalue weighted by atomic mass is 15.2. The van der Waals surface area contributed by atoms with Crippen LogP contribution in [0.2, 0.25) is 0 Å². The molecule has 1 aliphatic heterocycles. The number of nitrogens with one attached hydrogen (secondary N) is 2. The smallest absolute Gasteiger partial charge is 0.223 e. The normalized spacial score (nSPS) is 23.3. The van der Waals surface area contributed by atoms with Crippen LogP contribution >= 0.6 is 0 Å². The quantitative estimate of drug-likeness (QED) is 0.534. The zero-order valence-corrected chi connectivity index (χ0v) is 19.6. The van der Waals surface area contributed by atoms with E-state index < -0.39 is 0 Å². The SMILES string of the molecule is Cc1ccc(N2CCCC(NC3CCCCC3Nc3nccc(-c4ccccc4)n3)C2)cc1. The first kappa shape index (κ1) is 21.9. The van der Waals surface area contributed by atoms with Crippen molar-refractivity contribution in [2.45, 2.75) is 63.6 Å². The van der Waals surface area contributed by atoms with Gasteiger partial charge in [-0.1, -0.05) is 60.9 Å². The lowest BCUT2D eigenvalue weighted by molar-refractivity contribution is 0.293. The van der Waals surface area contributed by atoms with Gasteiger partial charge >= 0.3 is 0 Å². The first-order chi connectivity index (χ1) is 16.2. The van der Waals surface area contributed by atoms with Crippen LogP contribution in [0.3, 0.4) is 0 Å². The Morgan fingerprint density at radius 3 is 2.45 bits per heavy atom. The Bertz CT molecular complexity index is 1020. The number of hydrogen-bond donors (Lipinski definition) is 2. The summed E-state index contributed by atoms with van der Waals surface area (Å²) in [6, 6.07) is 22.6. The molecule has 2 N–H and O–H groups in total. The summed E-state index contributed by atoms with van der Waals surface area (Å²) < 4.78 is 0. The second kappa shape index (κ2) is 10.3. The lowest BCUT2D eigenvalue weighted by atomic mass is 9.89. The Morgan fingerprint density at radius 1 is 0.848 bits per heavy atom. The molecule has 3 unspecified atom stereocenters. The van der Waals surface area contributed by atoms with Crippen LogP contribution in [0.4, 0.5) is 11.6 Å². The number of benzene rings is 2. The van der Waals surface area contributed by atoms with Gasteiger partial charge in [0.15, 0.2) is 0 Å². The maximum atomic E-state index is 4.82. The van der Waals surface area contributed by atoms with Crippen molar-refractivity contribution in [3.8, 4) is 11.3 Å². The largest absolute Gasteiger partial charge is 0.370 e. The van der Waals surface area contributed by atoms with Gasteiger partial charge in [0.1, 0.15) is 0 Å². The highest BCUT2D eigenvalue weighted by molar-refractivity contribution is 5.59. The van der Waals surface area contributed by atoms with Crippen LogP contribution in [0, 0.1) is 6.92 Å². The van der Waals surface area contributed by atoms with Gasteiger partial charge in [-0.05, 0) is 50.8 Å². The average molecular weight is 442 g/mol. The summed E-state index contributed by atoms with van der Waals surface area (Å²) >= 11 is 0. The highest BCUT2D eigenvalue weighted by Gasteiger charge is 2.29. The van der Waals surface area contributed by atoms with E-state index >= 15 is 0 Å². The zero-order valence-electron chi connectivity index (χ0n) is 19.6. The van der Waals surface area contributed by atoms with E-state index in [1.165, 1.54) is 43.4 Å². The van der Waals surface area contributed by atoms with Gasteiger partial charge in [0.2, 0.25) is 5.95 Å². The molecule has 1 aliphatic carbocycles. The molecule has 3 aromatic rings. The molecule has 3 atom stereocenters. The number of nitrogens with zero attached hydrogens (tertiary/aromatic N) is 3. The molecule has 2 fully saturated rings. The molecule has 1 saturated carbocycles. The van der Waals surface area contributed by atoms with Crippen molar-refractivity contribution in [1.29, 1.82) is 0 Å². The summed E-state index contributed by atoms with van der Waals surface area (Å²) in [6.07, 6.45) is 9.25. The van der Waals surface area contributed by atoms with Crippen LogP contribution in [0.25, 0.3) is 11.3 Å². The first-order valence-corrected chi connectivity index (χ1v) is 12.5. The van der Waals surface area contributed by atoms with E-state index in [1.54, 1.807) is 0 Å². The summed E-state index contributed by atoms with van der Waals surface area (Å²) in [6.45, 7) is 4.37. The second-order valence-corrected chi connectivity index (χ2v) is 9.56. The molecule has 2 aliphatic rings. The van der Waals surface area contributed by atoms with E-state index in [2.05, 4.69) is 76.0 Å². The molecule has 172 valence electrons. The fourth-order valence-electron chi connectivity index (χ4n) is 5.27. The summed E-state index contributed by atoms with van der Waals surface area (Å²) in [4.78, 5) is 11.9. The van der Waals surface area contributed by atoms with Gasteiger partial charge in [-0.3, -0.25) is 0 Å². The predicted octanol–water partition coefficient (Wildman–Crippen LogP) is 5.43. The van der Waals surface area contributed by atoms with E-state index in [1.807, 2.05) is 18.3 Å². The van der Waals surface area contributed by atoms with Crippen LogP contribution in [-0.2, 0) is 0 Å². The Kier molecular flexibility index (Phi) is 6.87. The fraction of sp³-hybridized carbons (Fsp3) is 0.429. The Balaban J connectivity index is 1.24. The molecule has 0 spiro atoms. The molecule has 0 radical (unpaired) electrons. The molecule has 5 nitrogen and oxygen atoms in total. The van der Waals surface area contributed by atoms with E-state index in [4.69, 9.17) is 4.98 Å².